The SMILES string of the molecule is CCC1(C(=O)O)CCCN1C1CCN2CCC1C2. The molecule has 0 amide bonds. The summed E-state index contributed by atoms with van der Waals surface area (Å²) in [5, 5.41) is 9.68. The third kappa shape index (κ3) is 1.69. The van der Waals surface area contributed by atoms with Crippen LogP contribution in [-0.2, 0) is 4.79 Å². The zero-order valence-electron chi connectivity index (χ0n) is 11.3. The molecule has 2 bridgehead atoms. The Labute approximate surface area is 109 Å². The van der Waals surface area contributed by atoms with Crippen molar-refractivity contribution < 1.29 is 9.90 Å². The maximum Gasteiger partial charge on any atom is 0.324 e. The largest absolute Gasteiger partial charge is 0.480 e. The molecular weight excluding hydrogens is 228 g/mol. The highest BCUT2D eigenvalue weighted by molar-refractivity contribution is 5.79. The summed E-state index contributed by atoms with van der Waals surface area (Å²) >= 11 is 0. The van der Waals surface area contributed by atoms with Crippen molar-refractivity contribution in [2.75, 3.05) is 26.2 Å². The monoisotopic (exact) mass is 252 g/mol. The van der Waals surface area contributed by atoms with E-state index in [1.54, 1.807) is 0 Å². The van der Waals surface area contributed by atoms with Crippen molar-refractivity contribution >= 4 is 5.97 Å². The molecular formula is C14H24N2O2. The van der Waals surface area contributed by atoms with Crippen molar-refractivity contribution in [3.05, 3.63) is 0 Å². The molecule has 3 fully saturated rings. The first kappa shape index (κ1) is 12.4. The van der Waals surface area contributed by atoms with Gasteiger partial charge in [0.2, 0.25) is 0 Å². The number of carboxylic acids is 1. The summed E-state index contributed by atoms with van der Waals surface area (Å²) < 4.78 is 0. The number of fused-ring (bicyclic) bond motifs is 2. The smallest absolute Gasteiger partial charge is 0.324 e. The van der Waals surface area contributed by atoms with E-state index in [2.05, 4.69) is 9.80 Å². The Morgan fingerprint density at radius 2 is 2.11 bits per heavy atom. The molecule has 3 aliphatic heterocycles. The Morgan fingerprint density at radius 1 is 1.33 bits per heavy atom. The number of aliphatic carboxylic acids is 1. The molecule has 0 aromatic heterocycles. The van der Waals surface area contributed by atoms with Gasteiger partial charge in [-0.15, -0.1) is 0 Å². The fraction of sp³-hybridized carbons (Fsp3) is 0.929. The average molecular weight is 252 g/mol. The molecule has 3 saturated heterocycles. The summed E-state index contributed by atoms with van der Waals surface area (Å²) in [5.41, 5.74) is -0.560. The van der Waals surface area contributed by atoms with Gasteiger partial charge in [-0.3, -0.25) is 9.69 Å². The summed E-state index contributed by atoms with van der Waals surface area (Å²) in [5.74, 6) is 0.116. The summed E-state index contributed by atoms with van der Waals surface area (Å²) in [6, 6.07) is 0.516. The molecule has 1 N–H and O–H groups in total. The lowest BCUT2D eigenvalue weighted by molar-refractivity contribution is -0.152. The van der Waals surface area contributed by atoms with E-state index in [0.717, 1.165) is 32.4 Å². The lowest BCUT2D eigenvalue weighted by Gasteiger charge is -2.44. The zero-order chi connectivity index (χ0) is 12.8. The molecule has 3 heterocycles. The van der Waals surface area contributed by atoms with E-state index in [1.165, 1.54) is 25.9 Å². The van der Waals surface area contributed by atoms with Crippen molar-refractivity contribution in [3.63, 3.8) is 0 Å². The van der Waals surface area contributed by atoms with Crippen LogP contribution in [0.25, 0.3) is 0 Å². The second-order valence-electron chi connectivity index (χ2n) is 6.19. The van der Waals surface area contributed by atoms with Crippen LogP contribution < -0.4 is 0 Å². The van der Waals surface area contributed by atoms with Gasteiger partial charge >= 0.3 is 5.97 Å². The Kier molecular flexibility index (Phi) is 3.10. The highest BCUT2D eigenvalue weighted by Crippen LogP contribution is 2.40. The van der Waals surface area contributed by atoms with Crippen molar-refractivity contribution in [1.29, 1.82) is 0 Å². The van der Waals surface area contributed by atoms with Crippen LogP contribution in [0.5, 0.6) is 0 Å². The normalized spacial score (nSPS) is 44.4. The second-order valence-corrected chi connectivity index (χ2v) is 6.19. The van der Waals surface area contributed by atoms with E-state index < -0.39 is 11.5 Å². The van der Waals surface area contributed by atoms with Crippen LogP contribution in [0.15, 0.2) is 0 Å². The molecule has 4 heteroatoms. The number of rotatable bonds is 3. The van der Waals surface area contributed by atoms with Crippen molar-refractivity contribution in [3.8, 4) is 0 Å². The van der Waals surface area contributed by atoms with Gasteiger partial charge in [-0.2, -0.15) is 0 Å². The molecule has 4 nitrogen and oxygen atoms in total. The van der Waals surface area contributed by atoms with E-state index in [4.69, 9.17) is 0 Å². The third-order valence-electron chi connectivity index (χ3n) is 5.52. The Balaban J connectivity index is 1.84. The maximum absolute atomic E-state index is 11.8. The first-order valence-electron chi connectivity index (χ1n) is 7.40. The highest BCUT2D eigenvalue weighted by atomic mass is 16.4. The van der Waals surface area contributed by atoms with Crippen molar-refractivity contribution in [2.45, 2.75) is 50.6 Å². The van der Waals surface area contributed by atoms with Gasteiger partial charge in [0.25, 0.3) is 0 Å². The molecule has 4 unspecified atom stereocenters. The minimum atomic E-state index is -0.595. The van der Waals surface area contributed by atoms with Crippen molar-refractivity contribution in [1.82, 2.24) is 9.80 Å². The van der Waals surface area contributed by atoms with Gasteiger partial charge < -0.3 is 10.0 Å². The van der Waals surface area contributed by atoms with E-state index in [0.29, 0.717) is 12.0 Å². The number of hydrogen-bond acceptors (Lipinski definition) is 3. The number of carboxylic acid groups (broad SMARTS) is 1. The second kappa shape index (κ2) is 4.49. The number of nitrogens with zero attached hydrogens (tertiary/aromatic N) is 2. The van der Waals surface area contributed by atoms with Gasteiger partial charge in [0.1, 0.15) is 5.54 Å². The van der Waals surface area contributed by atoms with E-state index in [-0.39, 0.29) is 0 Å². The highest BCUT2D eigenvalue weighted by Gasteiger charge is 2.51. The average Bonchev–Trinajstić information content (AvgIpc) is 2.95. The lowest BCUT2D eigenvalue weighted by atomic mass is 9.86. The number of piperidine rings is 1. The summed E-state index contributed by atoms with van der Waals surface area (Å²) in [6.45, 7) is 6.61. The minimum Gasteiger partial charge on any atom is -0.480 e. The molecule has 0 saturated carbocycles. The van der Waals surface area contributed by atoms with Crippen LogP contribution in [-0.4, -0.2) is 58.6 Å². The molecule has 0 aliphatic carbocycles. The van der Waals surface area contributed by atoms with Gasteiger partial charge in [0, 0.05) is 12.6 Å². The summed E-state index contributed by atoms with van der Waals surface area (Å²) in [7, 11) is 0. The minimum absolute atomic E-state index is 0.516. The molecule has 3 rings (SSSR count). The molecule has 0 spiro atoms. The van der Waals surface area contributed by atoms with Gasteiger partial charge in [0.05, 0.1) is 0 Å². The van der Waals surface area contributed by atoms with Gasteiger partial charge in [0.15, 0.2) is 0 Å². The quantitative estimate of drug-likeness (QED) is 0.825. The molecule has 4 atom stereocenters. The Morgan fingerprint density at radius 3 is 2.83 bits per heavy atom. The predicted molar refractivity (Wildman–Crippen MR) is 69.5 cm³/mol. The van der Waals surface area contributed by atoms with E-state index >= 15 is 0 Å². The molecule has 0 aromatic carbocycles. The number of hydrogen-bond donors (Lipinski definition) is 1. The van der Waals surface area contributed by atoms with E-state index in [1.807, 2.05) is 6.92 Å². The summed E-state index contributed by atoms with van der Waals surface area (Å²) in [6.07, 6.45) is 5.06. The Bertz CT molecular complexity index is 347. The standard InChI is InChI=1S/C14H24N2O2/c1-2-14(13(17)18)6-3-7-16(14)12-5-9-15-8-4-11(12)10-15/h11-12H,2-10H2,1H3,(H,17,18). The first-order valence-corrected chi connectivity index (χ1v) is 7.40. The fourth-order valence-electron chi connectivity index (χ4n) is 4.48. The van der Waals surface area contributed by atoms with Crippen LogP contribution in [0.1, 0.15) is 39.0 Å². The molecule has 0 aromatic rings. The zero-order valence-corrected chi connectivity index (χ0v) is 11.3. The van der Waals surface area contributed by atoms with Crippen LogP contribution in [0.4, 0.5) is 0 Å². The fourth-order valence-corrected chi connectivity index (χ4v) is 4.48. The van der Waals surface area contributed by atoms with Crippen LogP contribution in [0.3, 0.4) is 0 Å². The van der Waals surface area contributed by atoms with Gasteiger partial charge in [-0.25, -0.2) is 0 Å². The Hall–Kier alpha value is -0.610. The van der Waals surface area contributed by atoms with Crippen LogP contribution in [0.2, 0.25) is 0 Å². The number of carbonyl (C=O) groups is 1. The lowest BCUT2D eigenvalue weighted by Crippen LogP contribution is -2.58. The summed E-state index contributed by atoms with van der Waals surface area (Å²) in [4.78, 5) is 16.7. The maximum atomic E-state index is 11.8. The number of likely N-dealkylation sites (tertiary alicyclic amines) is 1. The topological polar surface area (TPSA) is 43.8 Å². The van der Waals surface area contributed by atoms with Gasteiger partial charge in [-0.05, 0) is 57.7 Å². The molecule has 3 aliphatic rings. The third-order valence-corrected chi connectivity index (χ3v) is 5.52. The first-order chi connectivity index (χ1) is 8.67. The molecule has 0 radical (unpaired) electrons. The van der Waals surface area contributed by atoms with Gasteiger partial charge in [-0.1, -0.05) is 6.92 Å². The molecule has 102 valence electrons. The van der Waals surface area contributed by atoms with Crippen LogP contribution >= 0.6 is 0 Å². The van der Waals surface area contributed by atoms with E-state index in [9.17, 15) is 9.90 Å². The predicted octanol–water partition coefficient (Wildman–Crippen LogP) is 1.41. The van der Waals surface area contributed by atoms with Crippen LogP contribution in [0, 0.1) is 5.92 Å². The van der Waals surface area contributed by atoms with Crippen molar-refractivity contribution in [2.24, 2.45) is 5.92 Å². The molecule has 18 heavy (non-hydrogen) atoms.